The highest BCUT2D eigenvalue weighted by Crippen LogP contribution is 2.44. The molecule has 1 aliphatic rings. The second-order valence-corrected chi connectivity index (χ2v) is 5.61. The first-order chi connectivity index (χ1) is 11.5. The Hall–Kier alpha value is -2.56. The minimum atomic E-state index is -0.443. The van der Waals surface area contributed by atoms with Crippen LogP contribution < -0.4 is 10.1 Å². The van der Waals surface area contributed by atoms with E-state index in [0.717, 1.165) is 28.9 Å². The van der Waals surface area contributed by atoms with E-state index in [4.69, 9.17) is 4.74 Å². The number of benzene rings is 1. The minimum absolute atomic E-state index is 0.146. The summed E-state index contributed by atoms with van der Waals surface area (Å²) in [5.41, 5.74) is 3.84. The first kappa shape index (κ1) is 17.8. The Labute approximate surface area is 142 Å². The Morgan fingerprint density at radius 1 is 1.29 bits per heavy atom. The monoisotopic (exact) mass is 329 g/mol. The molecule has 0 fully saturated rings. The lowest BCUT2D eigenvalue weighted by atomic mass is 9.94. The number of hydrogen-bond donors (Lipinski definition) is 1. The average Bonchev–Trinajstić information content (AvgIpc) is 2.88. The average molecular weight is 329 g/mol. The summed E-state index contributed by atoms with van der Waals surface area (Å²) in [6, 6.07) is 5.87. The fraction of sp³-hybridized carbons (Fsp3) is 0.368. The number of amides is 1. The van der Waals surface area contributed by atoms with Gasteiger partial charge >= 0.3 is 5.97 Å². The van der Waals surface area contributed by atoms with Gasteiger partial charge in [-0.1, -0.05) is 24.6 Å². The van der Waals surface area contributed by atoms with Gasteiger partial charge in [-0.25, -0.2) is 4.79 Å². The smallest absolute Gasteiger partial charge is 0.330 e. The van der Waals surface area contributed by atoms with Gasteiger partial charge in [0, 0.05) is 24.1 Å². The number of hydrogen-bond acceptors (Lipinski definition) is 4. The minimum Gasteiger partial charge on any atom is -0.497 e. The molecule has 1 atom stereocenters. The summed E-state index contributed by atoms with van der Waals surface area (Å²) in [5, 5.41) is 2.83. The molecule has 0 aliphatic heterocycles. The molecule has 1 aliphatic carbocycles. The molecule has 24 heavy (non-hydrogen) atoms. The predicted octanol–water partition coefficient (Wildman–Crippen LogP) is 2.82. The van der Waals surface area contributed by atoms with Crippen LogP contribution in [0.2, 0.25) is 0 Å². The van der Waals surface area contributed by atoms with Crippen LogP contribution in [0.5, 0.6) is 5.75 Å². The first-order valence-corrected chi connectivity index (χ1v) is 7.95. The molecule has 1 amide bonds. The number of carbonyl (C=O) groups excluding carboxylic acids is 2. The van der Waals surface area contributed by atoms with Crippen LogP contribution in [0.25, 0.3) is 5.57 Å². The van der Waals surface area contributed by atoms with Crippen molar-refractivity contribution < 1.29 is 19.1 Å². The maximum absolute atomic E-state index is 12.6. The molecule has 2 rings (SSSR count). The lowest BCUT2D eigenvalue weighted by Crippen LogP contribution is -2.24. The van der Waals surface area contributed by atoms with Crippen molar-refractivity contribution >= 4 is 17.4 Å². The topological polar surface area (TPSA) is 64.6 Å². The Kier molecular flexibility index (Phi) is 5.79. The molecule has 0 saturated carbocycles. The van der Waals surface area contributed by atoms with E-state index in [-0.39, 0.29) is 18.4 Å². The van der Waals surface area contributed by atoms with Crippen LogP contribution in [0.1, 0.15) is 37.3 Å². The number of nitrogens with one attached hydrogen (secondary N) is 1. The van der Waals surface area contributed by atoms with E-state index >= 15 is 0 Å². The molecule has 0 spiro atoms. The second-order valence-electron chi connectivity index (χ2n) is 5.61. The van der Waals surface area contributed by atoms with Crippen molar-refractivity contribution in [2.45, 2.75) is 26.2 Å². The van der Waals surface area contributed by atoms with Gasteiger partial charge in [-0.3, -0.25) is 4.79 Å². The van der Waals surface area contributed by atoms with Gasteiger partial charge in [0.15, 0.2) is 0 Å². The van der Waals surface area contributed by atoms with Gasteiger partial charge in [0.2, 0.25) is 0 Å². The molecule has 0 radical (unpaired) electrons. The number of fused-ring (bicyclic) bond motifs is 1. The Balaban J connectivity index is 2.22. The molecule has 1 unspecified atom stereocenters. The summed E-state index contributed by atoms with van der Waals surface area (Å²) in [4.78, 5) is 23.7. The fourth-order valence-corrected chi connectivity index (χ4v) is 3.09. The molecule has 1 aromatic rings. The molecule has 1 N–H and O–H groups in total. The van der Waals surface area contributed by atoms with Crippen LogP contribution in [-0.2, 0) is 14.3 Å². The van der Waals surface area contributed by atoms with Gasteiger partial charge < -0.3 is 14.8 Å². The third kappa shape index (κ3) is 3.50. The molecule has 0 aromatic heterocycles. The molecule has 5 nitrogen and oxygen atoms in total. The quantitative estimate of drug-likeness (QED) is 0.644. The zero-order chi connectivity index (χ0) is 17.7. The number of methoxy groups -OCH3 is 2. The number of allylic oxidation sites excluding steroid dienone is 1. The van der Waals surface area contributed by atoms with E-state index in [1.807, 2.05) is 25.1 Å². The van der Waals surface area contributed by atoms with Gasteiger partial charge in [-0.2, -0.15) is 0 Å². The second kappa shape index (κ2) is 7.81. The largest absolute Gasteiger partial charge is 0.497 e. The fourth-order valence-electron chi connectivity index (χ4n) is 3.09. The SMILES string of the molecule is CCC1C(C)=C(C(=O)NC/C=C/C(=O)OC)c2cc(OC)ccc21. The van der Waals surface area contributed by atoms with Crippen molar-refractivity contribution in [2.24, 2.45) is 0 Å². The van der Waals surface area contributed by atoms with Crippen LogP contribution in [0.4, 0.5) is 0 Å². The summed E-state index contributed by atoms with van der Waals surface area (Å²) < 4.78 is 9.81. The standard InChI is InChI=1S/C19H23NO4/c1-5-14-12(2)18(16-11-13(23-3)8-9-15(14)16)19(22)20-10-6-7-17(21)24-4/h6-9,11,14H,5,10H2,1-4H3,(H,20,22)/b7-6+. The highest BCUT2D eigenvalue weighted by Gasteiger charge is 2.31. The molecular weight excluding hydrogens is 306 g/mol. The summed E-state index contributed by atoms with van der Waals surface area (Å²) in [7, 11) is 2.93. The van der Waals surface area contributed by atoms with Crippen LogP contribution in [0, 0.1) is 0 Å². The first-order valence-electron chi connectivity index (χ1n) is 7.95. The normalized spacial score (nSPS) is 16.2. The van der Waals surface area contributed by atoms with Crippen LogP contribution in [0.15, 0.2) is 35.9 Å². The third-order valence-corrected chi connectivity index (χ3v) is 4.29. The van der Waals surface area contributed by atoms with Crippen LogP contribution in [0.3, 0.4) is 0 Å². The zero-order valence-electron chi connectivity index (χ0n) is 14.5. The third-order valence-electron chi connectivity index (χ3n) is 4.29. The lowest BCUT2D eigenvalue weighted by Gasteiger charge is -2.11. The van der Waals surface area contributed by atoms with E-state index in [0.29, 0.717) is 5.57 Å². The van der Waals surface area contributed by atoms with Crippen molar-refractivity contribution in [3.63, 3.8) is 0 Å². The lowest BCUT2D eigenvalue weighted by molar-refractivity contribution is -0.134. The van der Waals surface area contributed by atoms with Crippen LogP contribution >= 0.6 is 0 Å². The van der Waals surface area contributed by atoms with E-state index in [2.05, 4.69) is 17.0 Å². The van der Waals surface area contributed by atoms with Crippen molar-refractivity contribution in [3.8, 4) is 5.75 Å². The van der Waals surface area contributed by atoms with E-state index in [1.54, 1.807) is 13.2 Å². The molecule has 0 heterocycles. The maximum atomic E-state index is 12.6. The molecule has 128 valence electrons. The molecule has 5 heteroatoms. The summed E-state index contributed by atoms with van der Waals surface area (Å²) in [6.45, 7) is 4.38. The maximum Gasteiger partial charge on any atom is 0.330 e. The Morgan fingerprint density at radius 2 is 2.04 bits per heavy atom. The predicted molar refractivity (Wildman–Crippen MR) is 92.8 cm³/mol. The molecule has 0 saturated heterocycles. The number of ether oxygens (including phenoxy) is 2. The Morgan fingerprint density at radius 3 is 2.67 bits per heavy atom. The number of carbonyl (C=O) groups is 2. The highest BCUT2D eigenvalue weighted by atomic mass is 16.5. The number of rotatable bonds is 6. The number of esters is 1. The van der Waals surface area contributed by atoms with Crippen molar-refractivity contribution in [2.75, 3.05) is 20.8 Å². The van der Waals surface area contributed by atoms with Gasteiger partial charge in [-0.15, -0.1) is 0 Å². The van der Waals surface area contributed by atoms with E-state index in [1.165, 1.54) is 13.2 Å². The van der Waals surface area contributed by atoms with Crippen molar-refractivity contribution in [1.82, 2.24) is 5.32 Å². The van der Waals surface area contributed by atoms with Crippen LogP contribution in [-0.4, -0.2) is 32.6 Å². The highest BCUT2D eigenvalue weighted by molar-refractivity contribution is 6.22. The molecular formula is C19H23NO4. The van der Waals surface area contributed by atoms with Gasteiger partial charge in [0.05, 0.1) is 14.2 Å². The summed E-state index contributed by atoms with van der Waals surface area (Å²) in [5.74, 6) is 0.389. The Bertz CT molecular complexity index is 703. The van der Waals surface area contributed by atoms with Crippen molar-refractivity contribution in [3.05, 3.63) is 47.1 Å². The summed E-state index contributed by atoms with van der Waals surface area (Å²) >= 11 is 0. The van der Waals surface area contributed by atoms with Gasteiger partial charge in [0.1, 0.15) is 5.75 Å². The zero-order valence-corrected chi connectivity index (χ0v) is 14.5. The van der Waals surface area contributed by atoms with Gasteiger partial charge in [0.25, 0.3) is 5.91 Å². The molecule has 1 aromatic carbocycles. The van der Waals surface area contributed by atoms with E-state index < -0.39 is 5.97 Å². The summed E-state index contributed by atoms with van der Waals surface area (Å²) in [6.07, 6.45) is 3.80. The van der Waals surface area contributed by atoms with Gasteiger partial charge in [-0.05, 0) is 36.6 Å². The van der Waals surface area contributed by atoms with E-state index in [9.17, 15) is 9.59 Å². The van der Waals surface area contributed by atoms with Crippen molar-refractivity contribution in [1.29, 1.82) is 0 Å². The molecule has 0 bridgehead atoms.